The van der Waals surface area contributed by atoms with Crippen LogP contribution in [-0.4, -0.2) is 24.6 Å². The summed E-state index contributed by atoms with van der Waals surface area (Å²) >= 11 is 0. The average Bonchev–Trinajstić information content (AvgIpc) is 2.53. The lowest BCUT2D eigenvalue weighted by molar-refractivity contribution is 0.585. The van der Waals surface area contributed by atoms with E-state index in [2.05, 4.69) is 27.7 Å². The molecule has 0 aliphatic carbocycles. The molecule has 0 amide bonds. The molecule has 0 aliphatic rings. The molecule has 0 aromatic rings. The Hall–Kier alpha value is 0.430. The van der Waals surface area contributed by atoms with Gasteiger partial charge in [-0.05, 0) is 32.1 Å². The molecule has 0 aromatic heterocycles. The molecule has 0 fully saturated rings. The fourth-order valence-electron chi connectivity index (χ4n) is 3.71. The minimum Gasteiger partial charge on any atom is -0.0654 e. The summed E-state index contributed by atoms with van der Waals surface area (Å²) in [5.41, 5.74) is 0. The molecule has 0 spiro atoms. The van der Waals surface area contributed by atoms with E-state index in [1.165, 1.54) is 83.5 Å². The van der Waals surface area contributed by atoms with Crippen LogP contribution in [0.1, 0.15) is 111 Å². The van der Waals surface area contributed by atoms with E-state index in [0.717, 1.165) is 0 Å². The summed E-state index contributed by atoms with van der Waals surface area (Å²) in [7, 11) is -0.595. The molecule has 22 heavy (non-hydrogen) atoms. The van der Waals surface area contributed by atoms with Crippen LogP contribution in [0.5, 0.6) is 0 Å². The monoisotopic (exact) mass is 329 g/mol. The number of unbranched alkanes of at least 4 members (excludes halogenated alkanes) is 9. The van der Waals surface area contributed by atoms with Crippen molar-refractivity contribution in [2.24, 2.45) is 0 Å². The second-order valence-electron chi connectivity index (χ2n) is 7.42. The summed E-state index contributed by atoms with van der Waals surface area (Å²) in [5.74, 6) is 0. The van der Waals surface area contributed by atoms with Crippen molar-refractivity contribution in [3.8, 4) is 0 Å². The topological polar surface area (TPSA) is 0 Å². The average molecular weight is 330 g/mol. The highest BCUT2D eigenvalue weighted by Crippen LogP contribution is 2.61. The molecule has 1 heteroatoms. The van der Waals surface area contributed by atoms with Crippen LogP contribution >= 0.6 is 7.26 Å². The van der Waals surface area contributed by atoms with Crippen molar-refractivity contribution in [2.45, 2.75) is 111 Å². The highest BCUT2D eigenvalue weighted by molar-refractivity contribution is 7.75. The third-order valence-corrected chi connectivity index (χ3v) is 10.3. The van der Waals surface area contributed by atoms with Crippen LogP contribution in [0.25, 0.3) is 0 Å². The first-order valence-corrected chi connectivity index (χ1v) is 13.1. The Morgan fingerprint density at radius 2 is 0.773 bits per heavy atom. The normalized spacial score (nSPS) is 12.0. The maximum absolute atomic E-state index is 2.42. The zero-order chi connectivity index (χ0) is 16.5. The van der Waals surface area contributed by atoms with Gasteiger partial charge >= 0.3 is 0 Å². The van der Waals surface area contributed by atoms with Crippen LogP contribution in [0.15, 0.2) is 0 Å². The van der Waals surface area contributed by atoms with Crippen LogP contribution in [0.3, 0.4) is 0 Å². The number of hydrogen-bond donors (Lipinski definition) is 0. The van der Waals surface area contributed by atoms with Crippen molar-refractivity contribution in [2.75, 3.05) is 24.6 Å². The highest BCUT2D eigenvalue weighted by atomic mass is 31.2. The molecule has 0 atom stereocenters. The van der Waals surface area contributed by atoms with Gasteiger partial charge in [0.05, 0.1) is 24.6 Å². The van der Waals surface area contributed by atoms with E-state index in [0.29, 0.717) is 0 Å². The lowest BCUT2D eigenvalue weighted by Gasteiger charge is -2.27. The Morgan fingerprint density at radius 3 is 1.23 bits per heavy atom. The Kier molecular flexibility index (Phi) is 16.6. The van der Waals surface area contributed by atoms with E-state index in [1.54, 1.807) is 24.6 Å². The van der Waals surface area contributed by atoms with E-state index in [1.807, 2.05) is 0 Å². The van der Waals surface area contributed by atoms with Gasteiger partial charge in [-0.15, -0.1) is 0 Å². The van der Waals surface area contributed by atoms with Gasteiger partial charge in [0.2, 0.25) is 0 Å². The molecular formula is C21H46P+. The van der Waals surface area contributed by atoms with Gasteiger partial charge in [0.1, 0.15) is 0 Å². The predicted molar refractivity (Wildman–Crippen MR) is 109 cm³/mol. The van der Waals surface area contributed by atoms with Crippen molar-refractivity contribution in [1.29, 1.82) is 0 Å². The third kappa shape index (κ3) is 11.9. The molecule has 0 aromatic carbocycles. The minimum atomic E-state index is -0.595. The SMILES string of the molecule is CCCCCCCCCC[P+](CCC)(CCCC)CCCC. The van der Waals surface area contributed by atoms with E-state index in [9.17, 15) is 0 Å². The molecule has 0 heterocycles. The Balaban J connectivity index is 4.03. The van der Waals surface area contributed by atoms with Gasteiger partial charge in [0.15, 0.2) is 0 Å². The van der Waals surface area contributed by atoms with Crippen LogP contribution in [0.4, 0.5) is 0 Å². The lowest BCUT2D eigenvalue weighted by atomic mass is 10.1. The second kappa shape index (κ2) is 16.3. The number of rotatable bonds is 17. The first-order valence-electron chi connectivity index (χ1n) is 10.6. The molecule has 0 saturated heterocycles. The van der Waals surface area contributed by atoms with E-state index >= 15 is 0 Å². The van der Waals surface area contributed by atoms with Crippen molar-refractivity contribution in [3.05, 3.63) is 0 Å². The van der Waals surface area contributed by atoms with Gasteiger partial charge in [-0.3, -0.25) is 0 Å². The summed E-state index contributed by atoms with van der Waals surface area (Å²) in [5, 5.41) is 0. The van der Waals surface area contributed by atoms with Crippen LogP contribution in [-0.2, 0) is 0 Å². The fourth-order valence-corrected chi connectivity index (χ4v) is 8.87. The Morgan fingerprint density at radius 1 is 0.364 bits per heavy atom. The highest BCUT2D eigenvalue weighted by Gasteiger charge is 2.34. The summed E-state index contributed by atoms with van der Waals surface area (Å²) < 4.78 is 0. The molecule has 0 bridgehead atoms. The molecular weight excluding hydrogens is 283 g/mol. The fraction of sp³-hybridized carbons (Fsp3) is 1.00. The molecule has 0 saturated carbocycles. The standard InChI is InChI=1S/C21H46P/c1-5-9-12-13-14-15-16-17-21-22(18-8-4,19-10-6-2)20-11-7-3/h5-21H2,1-4H3/q+1. The van der Waals surface area contributed by atoms with Crippen LogP contribution in [0, 0.1) is 0 Å². The maximum atomic E-state index is 2.42. The van der Waals surface area contributed by atoms with Crippen molar-refractivity contribution >= 4 is 7.26 Å². The van der Waals surface area contributed by atoms with Crippen molar-refractivity contribution in [3.63, 3.8) is 0 Å². The quantitative estimate of drug-likeness (QED) is 0.186. The van der Waals surface area contributed by atoms with Crippen LogP contribution in [0.2, 0.25) is 0 Å². The van der Waals surface area contributed by atoms with Gasteiger partial charge in [-0.2, -0.15) is 0 Å². The van der Waals surface area contributed by atoms with Crippen molar-refractivity contribution < 1.29 is 0 Å². The zero-order valence-corrected chi connectivity index (χ0v) is 17.4. The van der Waals surface area contributed by atoms with Crippen molar-refractivity contribution in [1.82, 2.24) is 0 Å². The third-order valence-electron chi connectivity index (χ3n) is 5.16. The van der Waals surface area contributed by atoms with Gasteiger partial charge in [0, 0.05) is 7.26 Å². The Labute approximate surface area is 143 Å². The van der Waals surface area contributed by atoms with E-state index in [4.69, 9.17) is 0 Å². The number of hydrogen-bond acceptors (Lipinski definition) is 0. The van der Waals surface area contributed by atoms with Gasteiger partial charge in [-0.1, -0.05) is 79.1 Å². The smallest absolute Gasteiger partial charge is 0.0594 e. The minimum absolute atomic E-state index is 0.595. The molecule has 0 radical (unpaired) electrons. The molecule has 134 valence electrons. The first kappa shape index (κ1) is 22.4. The van der Waals surface area contributed by atoms with Gasteiger partial charge < -0.3 is 0 Å². The molecule has 0 N–H and O–H groups in total. The van der Waals surface area contributed by atoms with Gasteiger partial charge in [-0.25, -0.2) is 0 Å². The summed E-state index contributed by atoms with van der Waals surface area (Å²) in [6.07, 6.45) is 25.4. The van der Waals surface area contributed by atoms with E-state index < -0.39 is 7.26 Å². The Bertz CT molecular complexity index is 204. The summed E-state index contributed by atoms with van der Waals surface area (Å²) in [4.78, 5) is 0. The summed E-state index contributed by atoms with van der Waals surface area (Å²) in [6, 6.07) is 0. The molecule has 0 unspecified atom stereocenters. The maximum Gasteiger partial charge on any atom is 0.0594 e. The largest absolute Gasteiger partial charge is 0.0654 e. The predicted octanol–water partition coefficient (Wildman–Crippen LogP) is 8.15. The first-order chi connectivity index (χ1) is 10.7. The van der Waals surface area contributed by atoms with Crippen LogP contribution < -0.4 is 0 Å². The molecule has 0 nitrogen and oxygen atoms in total. The zero-order valence-electron chi connectivity index (χ0n) is 16.5. The molecule has 0 rings (SSSR count). The van der Waals surface area contributed by atoms with E-state index in [-0.39, 0.29) is 0 Å². The second-order valence-corrected chi connectivity index (χ2v) is 11.9. The lowest BCUT2D eigenvalue weighted by Crippen LogP contribution is -2.12. The summed E-state index contributed by atoms with van der Waals surface area (Å²) in [6.45, 7) is 9.47. The van der Waals surface area contributed by atoms with Gasteiger partial charge in [0.25, 0.3) is 0 Å². The molecule has 0 aliphatic heterocycles.